The van der Waals surface area contributed by atoms with E-state index in [1.165, 1.54) is 0 Å². The fraction of sp³-hybridized carbons (Fsp3) is 0.250. The predicted octanol–water partition coefficient (Wildman–Crippen LogP) is 2.24. The Morgan fingerprint density at radius 2 is 2.31 bits per heavy atom. The Bertz CT molecular complexity index is 451. The average Bonchev–Trinajstić information content (AvgIpc) is 2.81. The van der Waals surface area contributed by atoms with E-state index in [9.17, 15) is 0 Å². The number of anilines is 1. The van der Waals surface area contributed by atoms with E-state index >= 15 is 0 Å². The van der Waals surface area contributed by atoms with Crippen LogP contribution in [-0.2, 0) is 0 Å². The summed E-state index contributed by atoms with van der Waals surface area (Å²) in [4.78, 5) is 4.00. The highest BCUT2D eigenvalue weighted by molar-refractivity contribution is 5.57. The normalized spacial score (nSPS) is 10.3. The summed E-state index contributed by atoms with van der Waals surface area (Å²) < 4.78 is 7.48. The Hall–Kier alpha value is -1.97. The van der Waals surface area contributed by atoms with Crippen LogP contribution >= 0.6 is 0 Å². The van der Waals surface area contributed by atoms with E-state index in [2.05, 4.69) is 11.9 Å². The summed E-state index contributed by atoms with van der Waals surface area (Å²) in [6, 6.07) is 5.71. The lowest BCUT2D eigenvalue weighted by Gasteiger charge is -2.10. The topological polar surface area (TPSA) is 53.1 Å². The first-order valence-corrected chi connectivity index (χ1v) is 5.32. The van der Waals surface area contributed by atoms with Gasteiger partial charge in [-0.25, -0.2) is 4.98 Å². The van der Waals surface area contributed by atoms with Crippen LogP contribution in [0.15, 0.2) is 36.9 Å². The highest BCUT2D eigenvalue weighted by Crippen LogP contribution is 2.24. The minimum atomic E-state index is 0.664. The second-order valence-electron chi connectivity index (χ2n) is 3.54. The Morgan fingerprint density at radius 3 is 3.00 bits per heavy atom. The van der Waals surface area contributed by atoms with Gasteiger partial charge in [0, 0.05) is 18.5 Å². The van der Waals surface area contributed by atoms with E-state index in [-0.39, 0.29) is 0 Å². The first kappa shape index (κ1) is 10.5. The third kappa shape index (κ3) is 2.16. The number of benzene rings is 1. The summed E-state index contributed by atoms with van der Waals surface area (Å²) in [5.74, 6) is 0.730. The Labute approximate surface area is 94.7 Å². The lowest BCUT2D eigenvalue weighted by molar-refractivity contribution is 0.319. The number of nitrogen functional groups attached to an aromatic ring is 1. The fourth-order valence-electron chi connectivity index (χ4n) is 1.43. The molecule has 1 heterocycles. The van der Waals surface area contributed by atoms with Gasteiger partial charge in [0.05, 0.1) is 24.3 Å². The van der Waals surface area contributed by atoms with Gasteiger partial charge in [0.1, 0.15) is 5.75 Å². The zero-order valence-corrected chi connectivity index (χ0v) is 9.26. The van der Waals surface area contributed by atoms with Crippen molar-refractivity contribution in [2.75, 3.05) is 12.3 Å². The maximum atomic E-state index is 5.83. The van der Waals surface area contributed by atoms with E-state index in [1.54, 1.807) is 12.5 Å². The molecule has 4 heteroatoms. The number of imidazole rings is 1. The largest absolute Gasteiger partial charge is 0.491 e. The lowest BCUT2D eigenvalue weighted by Crippen LogP contribution is -2.00. The summed E-state index contributed by atoms with van der Waals surface area (Å²) in [5, 5.41) is 0. The maximum absolute atomic E-state index is 5.83. The van der Waals surface area contributed by atoms with Crippen molar-refractivity contribution in [3.8, 4) is 11.4 Å². The second kappa shape index (κ2) is 4.70. The molecule has 1 aromatic heterocycles. The molecule has 0 unspecified atom stereocenters. The molecule has 0 fully saturated rings. The van der Waals surface area contributed by atoms with Crippen molar-refractivity contribution in [3.05, 3.63) is 36.9 Å². The second-order valence-corrected chi connectivity index (χ2v) is 3.54. The number of ether oxygens (including phenoxy) is 1. The monoisotopic (exact) mass is 217 g/mol. The average molecular weight is 217 g/mol. The molecule has 0 saturated heterocycles. The molecule has 2 N–H and O–H groups in total. The van der Waals surface area contributed by atoms with Gasteiger partial charge >= 0.3 is 0 Å². The van der Waals surface area contributed by atoms with Gasteiger partial charge in [0.15, 0.2) is 0 Å². The molecule has 0 atom stereocenters. The molecule has 84 valence electrons. The van der Waals surface area contributed by atoms with Gasteiger partial charge in [-0.05, 0) is 18.6 Å². The quantitative estimate of drug-likeness (QED) is 0.799. The van der Waals surface area contributed by atoms with Gasteiger partial charge in [-0.3, -0.25) is 0 Å². The summed E-state index contributed by atoms with van der Waals surface area (Å²) in [6.07, 6.45) is 6.34. The van der Waals surface area contributed by atoms with Crippen molar-refractivity contribution in [2.24, 2.45) is 0 Å². The molecule has 1 aromatic carbocycles. The number of hydrogen-bond donors (Lipinski definition) is 1. The standard InChI is InChI=1S/C12H15N3O/c1-2-7-16-12-8-10(3-4-11(12)13)15-6-5-14-9-15/h3-6,8-9H,2,7,13H2,1H3. The molecule has 0 amide bonds. The molecule has 0 aliphatic carbocycles. The summed E-state index contributed by atoms with van der Waals surface area (Å²) >= 11 is 0. The van der Waals surface area contributed by atoms with Crippen LogP contribution < -0.4 is 10.5 Å². The van der Waals surface area contributed by atoms with Crippen LogP contribution in [0.5, 0.6) is 5.75 Å². The summed E-state index contributed by atoms with van der Waals surface area (Å²) in [6.45, 7) is 2.74. The molecule has 0 aliphatic heterocycles. The molecule has 2 rings (SSSR count). The smallest absolute Gasteiger partial charge is 0.144 e. The van der Waals surface area contributed by atoms with Gasteiger partial charge in [-0.15, -0.1) is 0 Å². The number of nitrogens with two attached hydrogens (primary N) is 1. The number of aromatic nitrogens is 2. The van der Waals surface area contributed by atoms with Crippen molar-refractivity contribution in [2.45, 2.75) is 13.3 Å². The fourth-order valence-corrected chi connectivity index (χ4v) is 1.43. The van der Waals surface area contributed by atoms with Crippen molar-refractivity contribution in [3.63, 3.8) is 0 Å². The van der Waals surface area contributed by atoms with Gasteiger partial charge < -0.3 is 15.0 Å². The van der Waals surface area contributed by atoms with Crippen molar-refractivity contribution in [1.82, 2.24) is 9.55 Å². The van der Waals surface area contributed by atoms with Crippen molar-refractivity contribution >= 4 is 5.69 Å². The van der Waals surface area contributed by atoms with E-state index in [0.29, 0.717) is 12.3 Å². The first-order chi connectivity index (χ1) is 7.81. The summed E-state index contributed by atoms with van der Waals surface area (Å²) in [7, 11) is 0. The van der Waals surface area contributed by atoms with Crippen LogP contribution in [0.4, 0.5) is 5.69 Å². The lowest BCUT2D eigenvalue weighted by atomic mass is 10.2. The highest BCUT2D eigenvalue weighted by atomic mass is 16.5. The molecular weight excluding hydrogens is 202 g/mol. The number of nitrogens with zero attached hydrogens (tertiary/aromatic N) is 2. The van der Waals surface area contributed by atoms with E-state index in [1.807, 2.05) is 29.0 Å². The van der Waals surface area contributed by atoms with Gasteiger partial charge in [0.2, 0.25) is 0 Å². The van der Waals surface area contributed by atoms with Crippen LogP contribution in [0.25, 0.3) is 5.69 Å². The minimum absolute atomic E-state index is 0.664. The Balaban J connectivity index is 2.28. The van der Waals surface area contributed by atoms with Crippen LogP contribution in [0.1, 0.15) is 13.3 Å². The number of rotatable bonds is 4. The molecule has 4 nitrogen and oxygen atoms in total. The SMILES string of the molecule is CCCOc1cc(-n2ccnc2)ccc1N. The Morgan fingerprint density at radius 1 is 1.44 bits per heavy atom. The minimum Gasteiger partial charge on any atom is -0.491 e. The molecule has 0 radical (unpaired) electrons. The molecule has 16 heavy (non-hydrogen) atoms. The summed E-state index contributed by atoms with van der Waals surface area (Å²) in [5.41, 5.74) is 7.50. The van der Waals surface area contributed by atoms with Crippen LogP contribution in [0.2, 0.25) is 0 Å². The predicted molar refractivity (Wildman–Crippen MR) is 63.8 cm³/mol. The molecule has 0 spiro atoms. The van der Waals surface area contributed by atoms with Crippen LogP contribution in [0, 0.1) is 0 Å². The van der Waals surface area contributed by atoms with Crippen molar-refractivity contribution in [1.29, 1.82) is 0 Å². The Kier molecular flexibility index (Phi) is 3.10. The third-order valence-corrected chi connectivity index (χ3v) is 2.26. The zero-order valence-electron chi connectivity index (χ0n) is 9.26. The van der Waals surface area contributed by atoms with E-state index < -0.39 is 0 Å². The first-order valence-electron chi connectivity index (χ1n) is 5.32. The third-order valence-electron chi connectivity index (χ3n) is 2.26. The molecule has 0 bridgehead atoms. The van der Waals surface area contributed by atoms with Gasteiger partial charge in [-0.2, -0.15) is 0 Å². The number of hydrogen-bond acceptors (Lipinski definition) is 3. The molecule has 2 aromatic rings. The van der Waals surface area contributed by atoms with Crippen LogP contribution in [-0.4, -0.2) is 16.2 Å². The van der Waals surface area contributed by atoms with Gasteiger partial charge in [0.25, 0.3) is 0 Å². The van der Waals surface area contributed by atoms with Crippen molar-refractivity contribution < 1.29 is 4.74 Å². The maximum Gasteiger partial charge on any atom is 0.144 e. The van der Waals surface area contributed by atoms with Crippen LogP contribution in [0.3, 0.4) is 0 Å². The molecular formula is C12H15N3O. The van der Waals surface area contributed by atoms with E-state index in [0.717, 1.165) is 17.9 Å². The molecule has 0 saturated carbocycles. The van der Waals surface area contributed by atoms with Gasteiger partial charge in [-0.1, -0.05) is 6.92 Å². The van der Waals surface area contributed by atoms with E-state index in [4.69, 9.17) is 10.5 Å². The molecule has 0 aliphatic rings. The highest BCUT2D eigenvalue weighted by Gasteiger charge is 2.03. The zero-order chi connectivity index (χ0) is 11.4.